The second-order valence-corrected chi connectivity index (χ2v) is 18.5. The summed E-state index contributed by atoms with van der Waals surface area (Å²) in [6.45, 7) is 28.6. The van der Waals surface area contributed by atoms with Gasteiger partial charge in [-0.3, -0.25) is 0 Å². The van der Waals surface area contributed by atoms with Gasteiger partial charge in [0.1, 0.15) is 0 Å². The third-order valence-corrected chi connectivity index (χ3v) is 12.7. The minimum atomic E-state index is -0.519. The molecule has 0 bridgehead atoms. The molecule has 0 saturated carbocycles. The first-order chi connectivity index (χ1) is 26.9. The summed E-state index contributed by atoms with van der Waals surface area (Å²) in [7, 11) is -1.47. The second-order valence-electron chi connectivity index (χ2n) is 17.7. The molecule has 3 aliphatic heterocycles. The predicted molar refractivity (Wildman–Crippen MR) is 243 cm³/mol. The van der Waals surface area contributed by atoms with Gasteiger partial charge in [-0.25, -0.2) is 9.59 Å². The van der Waals surface area contributed by atoms with E-state index in [1.54, 1.807) is 26.0 Å². The molecule has 14 heteroatoms. The summed E-state index contributed by atoms with van der Waals surface area (Å²) in [6, 6.07) is 23.0. The molecular formula is C45H63B3BrO10-. The number of fused-ring (bicyclic) bond motifs is 2. The van der Waals surface area contributed by atoms with Crippen LogP contribution in [0.1, 0.15) is 127 Å². The number of rotatable bonds is 6. The van der Waals surface area contributed by atoms with Crippen LogP contribution in [0.15, 0.2) is 77.3 Å². The standard InChI is InChI=1S/C19H23BO4.C13H11BrO2.C12H24B2O4.CH4.H/c1-6-22-17(21)14-11-7-9-13-10-8-12-15(16(13)14)20-23-18(2,3)19(4,5)24-20;1-2-16-13(15)10-7-3-5-9-6-4-8-11(14)12(9)10;1-9(2)10(3,4)16-13(15-9)14-17-11(5,6)12(7,8)18-14;;/h7-12H,6H2,1-5H3;3-8H,2H2,1H3;1-8H3;1H4;/q;;;;-1. The van der Waals surface area contributed by atoms with Gasteiger partial charge in [-0.15, -0.1) is 0 Å². The second kappa shape index (κ2) is 18.0. The maximum Gasteiger partial charge on any atom is 0.495 e. The molecule has 4 aromatic rings. The van der Waals surface area contributed by atoms with Crippen LogP contribution in [-0.2, 0) is 37.4 Å². The Morgan fingerprint density at radius 1 is 0.525 bits per heavy atom. The van der Waals surface area contributed by atoms with Crippen LogP contribution in [-0.4, -0.2) is 79.9 Å². The maximum absolute atomic E-state index is 12.4. The fraction of sp³-hybridized carbons (Fsp3) is 0.511. The molecule has 3 heterocycles. The van der Waals surface area contributed by atoms with Crippen LogP contribution in [0.5, 0.6) is 0 Å². The highest BCUT2D eigenvalue weighted by Gasteiger charge is 2.63. The van der Waals surface area contributed by atoms with E-state index in [4.69, 9.17) is 37.4 Å². The minimum Gasteiger partial charge on any atom is -1.00 e. The Morgan fingerprint density at radius 2 is 0.847 bits per heavy atom. The molecule has 4 aromatic carbocycles. The van der Waals surface area contributed by atoms with Gasteiger partial charge in [-0.2, -0.15) is 0 Å². The van der Waals surface area contributed by atoms with Crippen molar-refractivity contribution in [1.82, 2.24) is 0 Å². The summed E-state index contributed by atoms with van der Waals surface area (Å²) in [5.41, 5.74) is -0.302. The van der Waals surface area contributed by atoms with Crippen molar-refractivity contribution in [3.63, 3.8) is 0 Å². The monoisotopic (exact) mass is 875 g/mol. The molecule has 0 unspecified atom stereocenters. The predicted octanol–water partition coefficient (Wildman–Crippen LogP) is 10.1. The van der Waals surface area contributed by atoms with Crippen molar-refractivity contribution in [1.29, 1.82) is 0 Å². The van der Waals surface area contributed by atoms with Crippen LogP contribution in [0, 0.1) is 0 Å². The van der Waals surface area contributed by atoms with Gasteiger partial charge in [0.2, 0.25) is 0 Å². The highest BCUT2D eigenvalue weighted by atomic mass is 79.9. The molecule has 0 amide bonds. The lowest BCUT2D eigenvalue weighted by atomic mass is 9.49. The Balaban J connectivity index is 0.000000242. The Bertz CT molecular complexity index is 2050. The fourth-order valence-corrected chi connectivity index (χ4v) is 7.18. The Kier molecular flexibility index (Phi) is 14.8. The first-order valence-electron chi connectivity index (χ1n) is 20.0. The zero-order chi connectivity index (χ0) is 43.1. The van der Waals surface area contributed by atoms with Crippen molar-refractivity contribution in [2.45, 2.75) is 138 Å². The van der Waals surface area contributed by atoms with Gasteiger partial charge in [0, 0.05) is 9.86 Å². The van der Waals surface area contributed by atoms with Crippen LogP contribution in [0.25, 0.3) is 21.5 Å². The van der Waals surface area contributed by atoms with Gasteiger partial charge in [-0.1, -0.05) is 78.0 Å². The molecule has 3 aliphatic rings. The Morgan fingerprint density at radius 3 is 1.24 bits per heavy atom. The number of hydrogen-bond acceptors (Lipinski definition) is 10. The van der Waals surface area contributed by atoms with Gasteiger partial charge in [0.05, 0.1) is 57.9 Å². The van der Waals surface area contributed by atoms with Crippen molar-refractivity contribution in [2.75, 3.05) is 13.2 Å². The summed E-state index contributed by atoms with van der Waals surface area (Å²) in [5.74, 6) is -0.605. The van der Waals surface area contributed by atoms with E-state index >= 15 is 0 Å². The lowest BCUT2D eigenvalue weighted by molar-refractivity contribution is 0.00578. The molecule has 0 spiro atoms. The van der Waals surface area contributed by atoms with Crippen molar-refractivity contribution >= 4 is 76.0 Å². The highest BCUT2D eigenvalue weighted by molar-refractivity contribution is 9.10. The van der Waals surface area contributed by atoms with Crippen molar-refractivity contribution in [2.24, 2.45) is 0 Å². The zero-order valence-corrected chi connectivity index (χ0v) is 38.1. The van der Waals surface area contributed by atoms with Crippen LogP contribution in [0.2, 0.25) is 0 Å². The quantitative estimate of drug-likeness (QED) is 0.137. The Labute approximate surface area is 362 Å². The summed E-state index contributed by atoms with van der Waals surface area (Å²) in [5, 5.41) is 3.73. The van der Waals surface area contributed by atoms with Gasteiger partial charge >= 0.3 is 33.1 Å². The highest BCUT2D eigenvalue weighted by Crippen LogP contribution is 2.43. The van der Waals surface area contributed by atoms with Crippen LogP contribution in [0.3, 0.4) is 0 Å². The molecule has 0 aliphatic carbocycles. The molecule has 0 atom stereocenters. The average Bonchev–Trinajstić information content (AvgIpc) is 3.60. The normalized spacial score (nSPS) is 20.2. The average molecular weight is 876 g/mol. The molecule has 0 radical (unpaired) electrons. The van der Waals surface area contributed by atoms with E-state index in [2.05, 4.69) is 15.9 Å². The SMILES string of the molecule is C.CC1(C)OB(B2OC(C)(C)C(C)(C)O2)OC1(C)C.CCOC(=O)c1cccc2cccc(B3OC(C)(C)C(C)(C)O3)c12.CCOC(=O)c1cccc2cccc(Br)c12.[H-]. The molecule has 0 aromatic heterocycles. The molecule has 7 rings (SSSR count). The van der Waals surface area contributed by atoms with Crippen LogP contribution >= 0.6 is 15.9 Å². The number of hydrogen-bond donors (Lipinski definition) is 0. The van der Waals surface area contributed by atoms with E-state index < -0.39 is 32.3 Å². The van der Waals surface area contributed by atoms with Crippen molar-refractivity contribution in [3.8, 4) is 0 Å². The van der Waals surface area contributed by atoms with Gasteiger partial charge < -0.3 is 38.8 Å². The van der Waals surface area contributed by atoms with Gasteiger partial charge in [-0.05, 0) is 137 Å². The van der Waals surface area contributed by atoms with Gasteiger partial charge in [0.25, 0.3) is 0 Å². The lowest BCUT2D eigenvalue weighted by Gasteiger charge is -2.32. The van der Waals surface area contributed by atoms with E-state index in [1.165, 1.54) is 0 Å². The summed E-state index contributed by atoms with van der Waals surface area (Å²) < 4.78 is 47.4. The van der Waals surface area contributed by atoms with Crippen molar-refractivity contribution in [3.05, 3.63) is 88.4 Å². The number of halogens is 1. The largest absolute Gasteiger partial charge is 1.00 e. The maximum atomic E-state index is 12.4. The number of ether oxygens (including phenoxy) is 2. The van der Waals surface area contributed by atoms with E-state index in [0.717, 1.165) is 31.5 Å². The molecular weight excluding hydrogens is 813 g/mol. The molecule has 59 heavy (non-hydrogen) atoms. The summed E-state index contributed by atoms with van der Waals surface area (Å²) >= 11 is 3.46. The van der Waals surface area contributed by atoms with E-state index in [1.807, 2.05) is 144 Å². The molecule has 320 valence electrons. The fourth-order valence-electron chi connectivity index (χ4n) is 6.59. The number of carbonyl (C=O) groups excluding carboxylic acids is 2. The smallest absolute Gasteiger partial charge is 0.495 e. The van der Waals surface area contributed by atoms with Crippen LogP contribution < -0.4 is 5.46 Å². The van der Waals surface area contributed by atoms with Crippen LogP contribution in [0.4, 0.5) is 0 Å². The molecule has 3 fully saturated rings. The summed E-state index contributed by atoms with van der Waals surface area (Å²) in [6.07, 6.45) is 0. The summed E-state index contributed by atoms with van der Waals surface area (Å²) in [4.78, 5) is 24.1. The molecule has 0 N–H and O–H groups in total. The van der Waals surface area contributed by atoms with Gasteiger partial charge in [0.15, 0.2) is 0 Å². The third kappa shape index (κ3) is 9.96. The van der Waals surface area contributed by atoms with Crippen molar-refractivity contribution < 1.29 is 48.4 Å². The minimum absolute atomic E-state index is 0. The lowest BCUT2D eigenvalue weighted by Crippen LogP contribution is -2.41. The van der Waals surface area contributed by atoms with E-state index in [-0.39, 0.29) is 43.2 Å². The first kappa shape index (κ1) is 48.4. The molecule has 10 nitrogen and oxygen atoms in total. The topological polar surface area (TPSA) is 108 Å². The number of esters is 2. The number of carbonyl (C=O) groups is 2. The number of benzene rings is 4. The van der Waals surface area contributed by atoms with E-state index in [9.17, 15) is 9.59 Å². The van der Waals surface area contributed by atoms with E-state index in [0.29, 0.717) is 24.3 Å². The third-order valence-electron chi connectivity index (χ3n) is 12.1. The Hall–Kier alpha value is -3.23. The molecule has 3 saturated heterocycles. The first-order valence-corrected chi connectivity index (χ1v) is 20.8. The zero-order valence-electron chi connectivity index (χ0n) is 37.5.